The number of rotatable bonds is 5. The summed E-state index contributed by atoms with van der Waals surface area (Å²) in [6, 6.07) is 0. The molecule has 0 aromatic carbocycles. The Balaban J connectivity index is 2.41. The monoisotopic (exact) mass is 243 g/mol. The second-order valence-corrected chi connectivity index (χ2v) is 5.19. The molecule has 1 atom stereocenters. The summed E-state index contributed by atoms with van der Waals surface area (Å²) in [6.45, 7) is 9.84. The third kappa shape index (κ3) is 4.26. The molecule has 0 radical (unpaired) electrons. The maximum Gasteiger partial charge on any atom is 0.239 e. The van der Waals surface area contributed by atoms with Crippen molar-refractivity contribution in [3.8, 4) is 0 Å². The lowest BCUT2D eigenvalue weighted by Crippen LogP contribution is -2.60. The number of carbonyl (C=O) groups is 1. The molecule has 0 aliphatic carbocycles. The van der Waals surface area contributed by atoms with E-state index in [-0.39, 0.29) is 12.0 Å². The van der Waals surface area contributed by atoms with Crippen molar-refractivity contribution < 1.29 is 9.90 Å². The van der Waals surface area contributed by atoms with Crippen LogP contribution in [0.2, 0.25) is 0 Å². The Morgan fingerprint density at radius 2 is 2.06 bits per heavy atom. The third-order valence-electron chi connectivity index (χ3n) is 3.31. The third-order valence-corrected chi connectivity index (χ3v) is 3.31. The van der Waals surface area contributed by atoms with E-state index in [1.54, 1.807) is 6.92 Å². The van der Waals surface area contributed by atoms with Gasteiger partial charge in [0.15, 0.2) is 0 Å². The summed E-state index contributed by atoms with van der Waals surface area (Å²) in [5, 5.41) is 15.3. The van der Waals surface area contributed by atoms with Crippen LogP contribution in [-0.2, 0) is 4.79 Å². The van der Waals surface area contributed by atoms with Crippen molar-refractivity contribution in [2.75, 3.05) is 32.7 Å². The molecule has 3 N–H and O–H groups in total. The van der Waals surface area contributed by atoms with Crippen molar-refractivity contribution in [3.63, 3.8) is 0 Å². The van der Waals surface area contributed by atoms with Gasteiger partial charge in [0.25, 0.3) is 0 Å². The fraction of sp³-hybridized carbons (Fsp3) is 0.917. The number of aliphatic hydroxyl groups is 1. The molecule has 1 aliphatic rings. The second kappa shape index (κ2) is 6.33. The van der Waals surface area contributed by atoms with Crippen molar-refractivity contribution in [3.05, 3.63) is 0 Å². The van der Waals surface area contributed by atoms with Crippen molar-refractivity contribution in [2.45, 2.75) is 38.8 Å². The van der Waals surface area contributed by atoms with Crippen LogP contribution in [0.15, 0.2) is 0 Å². The zero-order chi connectivity index (χ0) is 12.9. The largest absolute Gasteiger partial charge is 0.393 e. The van der Waals surface area contributed by atoms with E-state index in [4.69, 9.17) is 5.11 Å². The lowest BCUT2D eigenvalue weighted by Gasteiger charge is -2.39. The van der Waals surface area contributed by atoms with Crippen molar-refractivity contribution in [1.82, 2.24) is 15.5 Å². The SMILES string of the molecule is CC(O)CCNC(=O)C(C)(C)N1CCNCC1. The van der Waals surface area contributed by atoms with Crippen LogP contribution >= 0.6 is 0 Å². The highest BCUT2D eigenvalue weighted by molar-refractivity contribution is 5.85. The van der Waals surface area contributed by atoms with Gasteiger partial charge in [-0.1, -0.05) is 0 Å². The van der Waals surface area contributed by atoms with Crippen LogP contribution in [-0.4, -0.2) is 60.3 Å². The summed E-state index contributed by atoms with van der Waals surface area (Å²) >= 11 is 0. The van der Waals surface area contributed by atoms with Crippen LogP contribution in [0.4, 0.5) is 0 Å². The smallest absolute Gasteiger partial charge is 0.239 e. The van der Waals surface area contributed by atoms with E-state index < -0.39 is 5.54 Å². The summed E-state index contributed by atoms with van der Waals surface area (Å²) in [7, 11) is 0. The van der Waals surface area contributed by atoms with Gasteiger partial charge in [0.2, 0.25) is 5.91 Å². The Bertz CT molecular complexity index is 248. The van der Waals surface area contributed by atoms with Crippen molar-refractivity contribution in [1.29, 1.82) is 0 Å². The number of aliphatic hydroxyl groups excluding tert-OH is 1. The molecule has 1 saturated heterocycles. The normalized spacial score (nSPS) is 20.0. The molecule has 1 heterocycles. The van der Waals surface area contributed by atoms with Crippen LogP contribution < -0.4 is 10.6 Å². The standard InChI is InChI=1S/C12H25N3O2/c1-10(16)4-5-14-11(17)12(2,3)15-8-6-13-7-9-15/h10,13,16H,4-9H2,1-3H3,(H,14,17). The first-order valence-corrected chi connectivity index (χ1v) is 6.36. The van der Waals surface area contributed by atoms with Gasteiger partial charge in [-0.2, -0.15) is 0 Å². The molecule has 1 fully saturated rings. The van der Waals surface area contributed by atoms with Gasteiger partial charge in [-0.05, 0) is 27.2 Å². The first kappa shape index (κ1) is 14.4. The highest BCUT2D eigenvalue weighted by Gasteiger charge is 2.34. The fourth-order valence-corrected chi connectivity index (χ4v) is 1.98. The van der Waals surface area contributed by atoms with Gasteiger partial charge in [0.05, 0.1) is 11.6 Å². The summed E-state index contributed by atoms with van der Waals surface area (Å²) in [5.41, 5.74) is -0.471. The number of piperazine rings is 1. The minimum Gasteiger partial charge on any atom is -0.393 e. The Morgan fingerprint density at radius 3 is 2.59 bits per heavy atom. The predicted octanol–water partition coefficient (Wildman–Crippen LogP) is -0.443. The Morgan fingerprint density at radius 1 is 1.47 bits per heavy atom. The number of nitrogens with one attached hydrogen (secondary N) is 2. The Hall–Kier alpha value is -0.650. The van der Waals surface area contributed by atoms with Crippen LogP contribution in [0.25, 0.3) is 0 Å². The molecule has 1 unspecified atom stereocenters. The molecule has 1 aliphatic heterocycles. The number of carbonyl (C=O) groups excluding carboxylic acids is 1. The zero-order valence-electron chi connectivity index (χ0n) is 11.1. The predicted molar refractivity (Wildman–Crippen MR) is 67.8 cm³/mol. The molecule has 0 spiro atoms. The minimum atomic E-state index is -0.471. The molecular formula is C12H25N3O2. The topological polar surface area (TPSA) is 64.6 Å². The van der Waals surface area contributed by atoms with E-state index in [1.807, 2.05) is 13.8 Å². The van der Waals surface area contributed by atoms with E-state index in [9.17, 15) is 4.79 Å². The Kier molecular flexibility index (Phi) is 5.36. The van der Waals surface area contributed by atoms with Gasteiger partial charge in [-0.3, -0.25) is 9.69 Å². The molecule has 0 aromatic rings. The fourth-order valence-electron chi connectivity index (χ4n) is 1.98. The van der Waals surface area contributed by atoms with E-state index in [1.165, 1.54) is 0 Å². The summed E-state index contributed by atoms with van der Waals surface area (Å²) < 4.78 is 0. The van der Waals surface area contributed by atoms with Gasteiger partial charge >= 0.3 is 0 Å². The molecule has 1 amide bonds. The summed E-state index contributed by atoms with van der Waals surface area (Å²) in [5.74, 6) is 0.0417. The van der Waals surface area contributed by atoms with Gasteiger partial charge < -0.3 is 15.7 Å². The van der Waals surface area contributed by atoms with Crippen LogP contribution in [0.3, 0.4) is 0 Å². The number of hydrogen-bond acceptors (Lipinski definition) is 4. The molecular weight excluding hydrogens is 218 g/mol. The lowest BCUT2D eigenvalue weighted by molar-refractivity contribution is -0.132. The highest BCUT2D eigenvalue weighted by Crippen LogP contribution is 2.15. The van der Waals surface area contributed by atoms with Crippen molar-refractivity contribution in [2.24, 2.45) is 0 Å². The molecule has 5 heteroatoms. The number of nitrogens with zero attached hydrogens (tertiary/aromatic N) is 1. The highest BCUT2D eigenvalue weighted by atomic mass is 16.3. The van der Waals surface area contributed by atoms with Crippen LogP contribution in [0.1, 0.15) is 27.2 Å². The van der Waals surface area contributed by atoms with Crippen LogP contribution in [0.5, 0.6) is 0 Å². The van der Waals surface area contributed by atoms with Gasteiger partial charge in [0, 0.05) is 32.7 Å². The lowest BCUT2D eigenvalue weighted by atomic mass is 10.0. The molecule has 17 heavy (non-hydrogen) atoms. The van der Waals surface area contributed by atoms with E-state index in [0.717, 1.165) is 26.2 Å². The molecule has 100 valence electrons. The maximum atomic E-state index is 12.1. The maximum absolute atomic E-state index is 12.1. The average molecular weight is 243 g/mol. The molecule has 1 rings (SSSR count). The summed E-state index contributed by atoms with van der Waals surface area (Å²) in [4.78, 5) is 14.3. The first-order chi connectivity index (χ1) is 7.94. The number of amides is 1. The number of hydrogen-bond donors (Lipinski definition) is 3. The van der Waals surface area contributed by atoms with Gasteiger partial charge in [-0.25, -0.2) is 0 Å². The quantitative estimate of drug-likeness (QED) is 0.612. The van der Waals surface area contributed by atoms with E-state index in [0.29, 0.717) is 13.0 Å². The molecule has 0 bridgehead atoms. The van der Waals surface area contributed by atoms with Gasteiger partial charge in [0.1, 0.15) is 0 Å². The zero-order valence-corrected chi connectivity index (χ0v) is 11.1. The van der Waals surface area contributed by atoms with Crippen LogP contribution in [0, 0.1) is 0 Å². The minimum absolute atomic E-state index is 0.0417. The molecule has 0 saturated carbocycles. The second-order valence-electron chi connectivity index (χ2n) is 5.19. The van der Waals surface area contributed by atoms with Crippen molar-refractivity contribution >= 4 is 5.91 Å². The van der Waals surface area contributed by atoms with E-state index in [2.05, 4.69) is 15.5 Å². The first-order valence-electron chi connectivity index (χ1n) is 6.36. The molecule has 5 nitrogen and oxygen atoms in total. The Labute approximate surface area is 104 Å². The van der Waals surface area contributed by atoms with E-state index >= 15 is 0 Å². The average Bonchev–Trinajstić information content (AvgIpc) is 2.29. The molecule has 0 aromatic heterocycles. The summed E-state index contributed by atoms with van der Waals surface area (Å²) in [6.07, 6.45) is 0.237. The van der Waals surface area contributed by atoms with Gasteiger partial charge in [-0.15, -0.1) is 0 Å².